The SMILES string of the molecule is O=C(CCCc1ccc(OCCN2CC[C@@H](F)C2)c(Br)c1)c1cc(Br)cs1. The van der Waals surface area contributed by atoms with Crippen LogP contribution in [0.25, 0.3) is 0 Å². The van der Waals surface area contributed by atoms with Crippen LogP contribution in [0.1, 0.15) is 34.5 Å². The monoisotopic (exact) mass is 517 g/mol. The Kier molecular flexibility index (Phi) is 7.87. The van der Waals surface area contributed by atoms with Gasteiger partial charge in [0, 0.05) is 35.9 Å². The first kappa shape index (κ1) is 21.0. The van der Waals surface area contributed by atoms with E-state index in [4.69, 9.17) is 4.74 Å². The zero-order valence-corrected chi connectivity index (χ0v) is 18.9. The molecule has 0 unspecified atom stereocenters. The fraction of sp³-hybridized carbons (Fsp3) is 0.450. The van der Waals surface area contributed by atoms with E-state index in [0.717, 1.165) is 45.5 Å². The van der Waals surface area contributed by atoms with Crippen molar-refractivity contribution in [3.8, 4) is 5.75 Å². The van der Waals surface area contributed by atoms with Gasteiger partial charge in [0.25, 0.3) is 0 Å². The van der Waals surface area contributed by atoms with Crippen molar-refractivity contribution in [3.63, 3.8) is 0 Å². The summed E-state index contributed by atoms with van der Waals surface area (Å²) < 4.78 is 20.9. The van der Waals surface area contributed by atoms with Crippen LogP contribution in [-0.4, -0.2) is 43.1 Å². The van der Waals surface area contributed by atoms with Crippen LogP contribution >= 0.6 is 43.2 Å². The van der Waals surface area contributed by atoms with Gasteiger partial charge in [-0.15, -0.1) is 11.3 Å². The van der Waals surface area contributed by atoms with Crippen molar-refractivity contribution >= 4 is 49.0 Å². The van der Waals surface area contributed by atoms with Gasteiger partial charge in [-0.1, -0.05) is 6.07 Å². The molecule has 1 aliphatic rings. The molecule has 1 fully saturated rings. The van der Waals surface area contributed by atoms with Gasteiger partial charge in [0.1, 0.15) is 18.5 Å². The lowest BCUT2D eigenvalue weighted by atomic mass is 10.1. The van der Waals surface area contributed by atoms with Crippen molar-refractivity contribution in [1.29, 1.82) is 0 Å². The number of Topliss-reactive ketones (excluding diaryl/α,β-unsaturated/α-hetero) is 1. The molecule has 0 saturated carbocycles. The molecule has 0 amide bonds. The van der Waals surface area contributed by atoms with Gasteiger partial charge in [-0.3, -0.25) is 9.69 Å². The van der Waals surface area contributed by atoms with Crippen molar-refractivity contribution in [2.45, 2.75) is 31.9 Å². The summed E-state index contributed by atoms with van der Waals surface area (Å²) in [6.07, 6.45) is 2.16. The lowest BCUT2D eigenvalue weighted by Gasteiger charge is -2.16. The maximum atomic E-state index is 13.2. The van der Waals surface area contributed by atoms with E-state index < -0.39 is 6.17 Å². The number of ether oxygens (including phenoxy) is 1. The molecule has 3 rings (SSSR count). The first-order chi connectivity index (χ1) is 13.0. The molecule has 7 heteroatoms. The zero-order chi connectivity index (χ0) is 19.2. The second kappa shape index (κ2) is 10.1. The van der Waals surface area contributed by atoms with Gasteiger partial charge in [0.2, 0.25) is 0 Å². The van der Waals surface area contributed by atoms with Crippen LogP contribution in [0.15, 0.2) is 38.6 Å². The third kappa shape index (κ3) is 6.38. The van der Waals surface area contributed by atoms with Crippen LogP contribution in [0, 0.1) is 0 Å². The Hall–Kier alpha value is -0.760. The largest absolute Gasteiger partial charge is 0.491 e. The highest BCUT2D eigenvalue weighted by Crippen LogP contribution is 2.27. The quantitative estimate of drug-likeness (QED) is 0.387. The van der Waals surface area contributed by atoms with Crippen molar-refractivity contribution in [3.05, 3.63) is 49.0 Å². The first-order valence-electron chi connectivity index (χ1n) is 9.06. The number of hydrogen-bond donors (Lipinski definition) is 0. The van der Waals surface area contributed by atoms with Crippen molar-refractivity contribution < 1.29 is 13.9 Å². The number of halogens is 3. The molecule has 1 atom stereocenters. The summed E-state index contributed by atoms with van der Waals surface area (Å²) in [6.45, 7) is 2.63. The lowest BCUT2D eigenvalue weighted by Crippen LogP contribution is -2.26. The maximum Gasteiger partial charge on any atom is 0.172 e. The fourth-order valence-electron chi connectivity index (χ4n) is 3.13. The summed E-state index contributed by atoms with van der Waals surface area (Å²) in [4.78, 5) is 15.1. The Morgan fingerprint density at radius 1 is 1.33 bits per heavy atom. The number of ketones is 1. The van der Waals surface area contributed by atoms with Gasteiger partial charge < -0.3 is 4.74 Å². The molecule has 2 heterocycles. The van der Waals surface area contributed by atoms with Crippen LogP contribution in [0.5, 0.6) is 5.75 Å². The van der Waals surface area contributed by atoms with Crippen LogP contribution in [0.4, 0.5) is 4.39 Å². The summed E-state index contributed by atoms with van der Waals surface area (Å²) >= 11 is 8.42. The number of benzene rings is 1. The van der Waals surface area contributed by atoms with Gasteiger partial charge in [0.05, 0.1) is 9.35 Å². The molecule has 1 aromatic carbocycles. The average Bonchev–Trinajstić information content (AvgIpc) is 3.25. The Bertz CT molecular complexity index is 783. The molecule has 1 saturated heterocycles. The molecule has 0 aliphatic carbocycles. The van der Waals surface area contributed by atoms with E-state index in [0.29, 0.717) is 26.0 Å². The number of alkyl halides is 1. The van der Waals surface area contributed by atoms with E-state index in [2.05, 4.69) is 42.8 Å². The standard InChI is InChI=1S/C20H22Br2FNO2S/c21-15-11-20(27-13-15)18(25)3-1-2-14-4-5-19(17(22)10-14)26-9-8-24-7-6-16(23)12-24/h4-5,10-11,13,16H,1-3,6-9,12H2/t16-/m1/s1. The van der Waals surface area contributed by atoms with Crippen molar-refractivity contribution in [2.24, 2.45) is 0 Å². The minimum Gasteiger partial charge on any atom is -0.491 e. The average molecular weight is 519 g/mol. The number of carbonyl (C=O) groups is 1. The molecule has 0 bridgehead atoms. The lowest BCUT2D eigenvalue weighted by molar-refractivity contribution is 0.0984. The summed E-state index contributed by atoms with van der Waals surface area (Å²) in [5.41, 5.74) is 1.18. The first-order valence-corrected chi connectivity index (χ1v) is 11.5. The summed E-state index contributed by atoms with van der Waals surface area (Å²) in [5.74, 6) is 0.997. The van der Waals surface area contributed by atoms with E-state index in [1.807, 2.05) is 23.6 Å². The number of rotatable bonds is 9. The maximum absolute atomic E-state index is 13.2. The van der Waals surface area contributed by atoms with E-state index in [1.165, 1.54) is 16.9 Å². The number of aryl methyl sites for hydroxylation is 1. The van der Waals surface area contributed by atoms with E-state index >= 15 is 0 Å². The second-order valence-electron chi connectivity index (χ2n) is 6.71. The smallest absolute Gasteiger partial charge is 0.172 e. The predicted molar refractivity (Wildman–Crippen MR) is 115 cm³/mol. The summed E-state index contributed by atoms with van der Waals surface area (Å²) in [6, 6.07) is 7.93. The highest BCUT2D eigenvalue weighted by Gasteiger charge is 2.21. The van der Waals surface area contributed by atoms with Crippen molar-refractivity contribution in [2.75, 3.05) is 26.2 Å². The molecule has 1 aromatic heterocycles. The van der Waals surface area contributed by atoms with Gasteiger partial charge >= 0.3 is 0 Å². The third-order valence-electron chi connectivity index (χ3n) is 4.59. The number of carbonyl (C=O) groups excluding carboxylic acids is 1. The molecule has 3 nitrogen and oxygen atoms in total. The molecule has 0 N–H and O–H groups in total. The minimum atomic E-state index is -0.691. The Balaban J connectivity index is 1.41. The molecule has 2 aromatic rings. The van der Waals surface area contributed by atoms with Gasteiger partial charge in [0.15, 0.2) is 5.78 Å². The van der Waals surface area contributed by atoms with Crippen LogP contribution < -0.4 is 4.74 Å². The van der Waals surface area contributed by atoms with Gasteiger partial charge in [-0.25, -0.2) is 4.39 Å². The molecule has 1 aliphatic heterocycles. The number of likely N-dealkylation sites (tertiary alicyclic amines) is 1. The minimum absolute atomic E-state index is 0.196. The van der Waals surface area contributed by atoms with E-state index in [-0.39, 0.29) is 5.78 Å². The predicted octanol–water partition coefficient (Wildman–Crippen LogP) is 5.90. The number of thiophene rings is 1. The normalized spacial score (nSPS) is 17.4. The van der Waals surface area contributed by atoms with Crippen LogP contribution in [-0.2, 0) is 6.42 Å². The topological polar surface area (TPSA) is 29.5 Å². The molecule has 0 radical (unpaired) electrons. The van der Waals surface area contributed by atoms with E-state index in [9.17, 15) is 9.18 Å². The zero-order valence-electron chi connectivity index (χ0n) is 14.9. The van der Waals surface area contributed by atoms with E-state index in [1.54, 1.807) is 0 Å². The highest BCUT2D eigenvalue weighted by atomic mass is 79.9. The molecule has 27 heavy (non-hydrogen) atoms. The van der Waals surface area contributed by atoms with Crippen LogP contribution in [0.2, 0.25) is 0 Å². The number of hydrogen-bond acceptors (Lipinski definition) is 4. The number of nitrogens with zero attached hydrogens (tertiary/aromatic N) is 1. The molecule has 0 spiro atoms. The Morgan fingerprint density at radius 3 is 2.85 bits per heavy atom. The van der Waals surface area contributed by atoms with Gasteiger partial charge in [-0.2, -0.15) is 0 Å². The van der Waals surface area contributed by atoms with Gasteiger partial charge in [-0.05, 0) is 74.9 Å². The Morgan fingerprint density at radius 2 is 2.19 bits per heavy atom. The summed E-state index contributed by atoms with van der Waals surface area (Å²) in [5, 5.41) is 1.93. The fourth-order valence-corrected chi connectivity index (χ4v) is 5.06. The molecule has 146 valence electrons. The second-order valence-corrected chi connectivity index (χ2v) is 9.39. The molecular formula is C20H22Br2FNO2S. The Labute approximate surface area is 180 Å². The molecular weight excluding hydrogens is 497 g/mol. The third-order valence-corrected chi connectivity index (χ3v) is 6.94. The van der Waals surface area contributed by atoms with Crippen LogP contribution in [0.3, 0.4) is 0 Å². The van der Waals surface area contributed by atoms with Crippen molar-refractivity contribution in [1.82, 2.24) is 4.90 Å². The highest BCUT2D eigenvalue weighted by molar-refractivity contribution is 9.10. The summed E-state index contributed by atoms with van der Waals surface area (Å²) in [7, 11) is 0.